The van der Waals surface area contributed by atoms with Gasteiger partial charge < -0.3 is 15.3 Å². The number of nitrogens with zero attached hydrogens (tertiary/aromatic N) is 2. The van der Waals surface area contributed by atoms with E-state index in [0.29, 0.717) is 0 Å². The second kappa shape index (κ2) is 6.02. The summed E-state index contributed by atoms with van der Waals surface area (Å²) in [5, 5.41) is 12.2. The van der Waals surface area contributed by atoms with Gasteiger partial charge in [0.25, 0.3) is 0 Å². The summed E-state index contributed by atoms with van der Waals surface area (Å²) in [7, 11) is 1.69. The van der Waals surface area contributed by atoms with E-state index < -0.39 is 6.10 Å². The lowest BCUT2D eigenvalue weighted by molar-refractivity contribution is -0.125. The minimum atomic E-state index is -0.486. The van der Waals surface area contributed by atoms with Crippen LogP contribution in [0.5, 0.6) is 0 Å². The van der Waals surface area contributed by atoms with Crippen LogP contribution in [0.3, 0.4) is 0 Å². The Bertz CT molecular complexity index is 423. The molecule has 0 saturated carbocycles. The highest BCUT2D eigenvalue weighted by atomic mass is 16.3. The SMILES string of the molecule is CNC(=O)C1CCN(c2ccc([C@H](C)O)cn2)CC1. The molecule has 0 aromatic carbocycles. The molecule has 1 fully saturated rings. The van der Waals surface area contributed by atoms with Gasteiger partial charge >= 0.3 is 0 Å². The van der Waals surface area contributed by atoms with Crippen molar-refractivity contribution in [1.29, 1.82) is 0 Å². The third-order valence-electron chi connectivity index (χ3n) is 3.69. The monoisotopic (exact) mass is 263 g/mol. The molecule has 0 radical (unpaired) electrons. The number of anilines is 1. The molecule has 1 atom stereocenters. The molecule has 2 heterocycles. The third-order valence-corrected chi connectivity index (χ3v) is 3.69. The standard InChI is InChI=1S/C14H21N3O2/c1-10(18)12-3-4-13(16-9-12)17-7-5-11(6-8-17)14(19)15-2/h3-4,9-11,18H,5-8H2,1-2H3,(H,15,19)/t10-/m0/s1. The number of aliphatic hydroxyl groups excluding tert-OH is 1. The summed E-state index contributed by atoms with van der Waals surface area (Å²) in [6, 6.07) is 3.83. The summed E-state index contributed by atoms with van der Waals surface area (Å²) in [4.78, 5) is 18.1. The van der Waals surface area contributed by atoms with Crippen molar-refractivity contribution < 1.29 is 9.90 Å². The molecule has 1 aliphatic heterocycles. The number of hydrogen-bond donors (Lipinski definition) is 2. The number of pyridine rings is 1. The van der Waals surface area contributed by atoms with E-state index in [1.54, 1.807) is 20.2 Å². The van der Waals surface area contributed by atoms with Crippen LogP contribution in [0.1, 0.15) is 31.4 Å². The first kappa shape index (κ1) is 13.8. The number of carbonyl (C=O) groups is 1. The van der Waals surface area contributed by atoms with E-state index in [-0.39, 0.29) is 11.8 Å². The first-order valence-electron chi connectivity index (χ1n) is 6.72. The van der Waals surface area contributed by atoms with Crippen molar-refractivity contribution >= 4 is 11.7 Å². The Morgan fingerprint density at radius 2 is 2.16 bits per heavy atom. The van der Waals surface area contributed by atoms with Crippen LogP contribution in [0.4, 0.5) is 5.82 Å². The van der Waals surface area contributed by atoms with Crippen LogP contribution in [-0.2, 0) is 4.79 Å². The zero-order chi connectivity index (χ0) is 13.8. The van der Waals surface area contributed by atoms with Gasteiger partial charge in [0.05, 0.1) is 6.10 Å². The van der Waals surface area contributed by atoms with E-state index in [9.17, 15) is 9.90 Å². The Labute approximate surface area is 113 Å². The number of carbonyl (C=O) groups excluding carboxylic acids is 1. The largest absolute Gasteiger partial charge is 0.389 e. The predicted molar refractivity (Wildman–Crippen MR) is 73.9 cm³/mol. The van der Waals surface area contributed by atoms with Gasteiger partial charge in [0.2, 0.25) is 5.91 Å². The van der Waals surface area contributed by atoms with Crippen LogP contribution in [0.25, 0.3) is 0 Å². The van der Waals surface area contributed by atoms with Crippen LogP contribution in [0.15, 0.2) is 18.3 Å². The van der Waals surface area contributed by atoms with Gasteiger partial charge in [0.15, 0.2) is 0 Å². The van der Waals surface area contributed by atoms with Crippen molar-refractivity contribution in [3.8, 4) is 0 Å². The fraction of sp³-hybridized carbons (Fsp3) is 0.571. The average molecular weight is 263 g/mol. The second-order valence-electron chi connectivity index (χ2n) is 5.00. The summed E-state index contributed by atoms with van der Waals surface area (Å²) in [5.74, 6) is 1.18. The summed E-state index contributed by atoms with van der Waals surface area (Å²) < 4.78 is 0. The van der Waals surface area contributed by atoms with Gasteiger partial charge in [-0.05, 0) is 31.4 Å². The molecular weight excluding hydrogens is 242 g/mol. The van der Waals surface area contributed by atoms with E-state index >= 15 is 0 Å². The first-order valence-corrected chi connectivity index (χ1v) is 6.72. The maximum absolute atomic E-state index is 11.6. The van der Waals surface area contributed by atoms with E-state index in [1.165, 1.54) is 0 Å². The minimum Gasteiger partial charge on any atom is -0.389 e. The zero-order valence-corrected chi connectivity index (χ0v) is 11.5. The molecule has 19 heavy (non-hydrogen) atoms. The molecule has 2 rings (SSSR count). The molecule has 1 amide bonds. The lowest BCUT2D eigenvalue weighted by Gasteiger charge is -2.32. The average Bonchev–Trinajstić information content (AvgIpc) is 2.46. The number of aliphatic hydroxyl groups is 1. The van der Waals surface area contributed by atoms with Crippen molar-refractivity contribution in [2.75, 3.05) is 25.0 Å². The molecule has 1 aromatic heterocycles. The van der Waals surface area contributed by atoms with Crippen molar-refractivity contribution in [3.05, 3.63) is 23.9 Å². The zero-order valence-electron chi connectivity index (χ0n) is 11.5. The van der Waals surface area contributed by atoms with Crippen molar-refractivity contribution in [1.82, 2.24) is 10.3 Å². The van der Waals surface area contributed by atoms with Crippen LogP contribution < -0.4 is 10.2 Å². The summed E-state index contributed by atoms with van der Waals surface area (Å²) in [5.41, 5.74) is 0.823. The van der Waals surface area contributed by atoms with Crippen LogP contribution >= 0.6 is 0 Å². The number of hydrogen-bond acceptors (Lipinski definition) is 4. The minimum absolute atomic E-state index is 0.123. The lowest BCUT2D eigenvalue weighted by Crippen LogP contribution is -2.39. The third kappa shape index (κ3) is 3.23. The van der Waals surface area contributed by atoms with E-state index in [4.69, 9.17) is 0 Å². The fourth-order valence-electron chi connectivity index (χ4n) is 2.41. The molecule has 1 aromatic rings. The van der Waals surface area contributed by atoms with Crippen LogP contribution in [0, 0.1) is 5.92 Å². The Morgan fingerprint density at radius 1 is 1.47 bits per heavy atom. The Kier molecular flexibility index (Phi) is 4.37. The summed E-state index contributed by atoms with van der Waals surface area (Å²) >= 11 is 0. The molecule has 0 unspecified atom stereocenters. The molecule has 0 aliphatic carbocycles. The number of rotatable bonds is 3. The van der Waals surface area contributed by atoms with E-state index in [1.807, 2.05) is 12.1 Å². The summed E-state index contributed by atoms with van der Waals surface area (Å²) in [6.07, 6.45) is 2.95. The molecule has 2 N–H and O–H groups in total. The normalized spacial score (nSPS) is 18.2. The van der Waals surface area contributed by atoms with E-state index in [0.717, 1.165) is 37.3 Å². The molecule has 1 aliphatic rings. The Balaban J connectivity index is 1.96. The van der Waals surface area contributed by atoms with Gasteiger partial charge in [-0.25, -0.2) is 4.98 Å². The highest BCUT2D eigenvalue weighted by molar-refractivity contribution is 5.78. The molecule has 0 spiro atoms. The predicted octanol–water partition coefficient (Wildman–Crippen LogP) is 1.10. The van der Waals surface area contributed by atoms with Crippen molar-refractivity contribution in [2.24, 2.45) is 5.92 Å². The molecule has 5 nitrogen and oxygen atoms in total. The molecule has 5 heteroatoms. The highest BCUT2D eigenvalue weighted by Crippen LogP contribution is 2.22. The van der Waals surface area contributed by atoms with Crippen LogP contribution in [-0.4, -0.2) is 36.1 Å². The smallest absolute Gasteiger partial charge is 0.222 e. The number of nitrogens with one attached hydrogen (secondary N) is 1. The molecule has 104 valence electrons. The van der Waals surface area contributed by atoms with Gasteiger partial charge in [0, 0.05) is 32.3 Å². The topological polar surface area (TPSA) is 65.5 Å². The second-order valence-corrected chi connectivity index (χ2v) is 5.00. The van der Waals surface area contributed by atoms with Gasteiger partial charge in [-0.1, -0.05) is 6.07 Å². The van der Waals surface area contributed by atoms with Gasteiger partial charge in [-0.3, -0.25) is 4.79 Å². The maximum Gasteiger partial charge on any atom is 0.222 e. The quantitative estimate of drug-likeness (QED) is 0.857. The molecule has 0 bridgehead atoms. The van der Waals surface area contributed by atoms with Crippen LogP contribution in [0.2, 0.25) is 0 Å². The maximum atomic E-state index is 11.6. The Hall–Kier alpha value is -1.62. The number of amides is 1. The first-order chi connectivity index (χ1) is 9.11. The lowest BCUT2D eigenvalue weighted by atomic mass is 9.96. The van der Waals surface area contributed by atoms with E-state index in [2.05, 4.69) is 15.2 Å². The Morgan fingerprint density at radius 3 is 2.63 bits per heavy atom. The number of aromatic nitrogens is 1. The fourth-order valence-corrected chi connectivity index (χ4v) is 2.41. The van der Waals surface area contributed by atoms with Crippen molar-refractivity contribution in [3.63, 3.8) is 0 Å². The highest BCUT2D eigenvalue weighted by Gasteiger charge is 2.24. The summed E-state index contributed by atoms with van der Waals surface area (Å²) in [6.45, 7) is 3.42. The van der Waals surface area contributed by atoms with Gasteiger partial charge in [-0.15, -0.1) is 0 Å². The van der Waals surface area contributed by atoms with Gasteiger partial charge in [0.1, 0.15) is 5.82 Å². The van der Waals surface area contributed by atoms with Crippen molar-refractivity contribution in [2.45, 2.75) is 25.9 Å². The molecule has 1 saturated heterocycles. The number of piperidine rings is 1. The molecular formula is C14H21N3O2. The van der Waals surface area contributed by atoms with Gasteiger partial charge in [-0.2, -0.15) is 0 Å².